The first-order chi connectivity index (χ1) is 6.13. The Morgan fingerprint density at radius 3 is 2.86 bits per heavy atom. The second-order valence-electron chi connectivity index (χ2n) is 2.94. The summed E-state index contributed by atoms with van der Waals surface area (Å²) in [7, 11) is 0. The molecule has 0 aliphatic heterocycles. The number of aliphatic hydroxyl groups is 1. The van der Waals surface area contributed by atoms with E-state index >= 15 is 0 Å². The van der Waals surface area contributed by atoms with Gasteiger partial charge < -0.3 is 9.84 Å². The summed E-state index contributed by atoms with van der Waals surface area (Å²) in [5.74, 6) is -1.20. The van der Waals surface area contributed by atoms with Crippen LogP contribution in [0.2, 0.25) is 0 Å². The molecule has 0 fully saturated rings. The Morgan fingerprint density at radius 2 is 2.36 bits per heavy atom. The number of carbonyl (C=O) groups is 2. The van der Waals surface area contributed by atoms with Crippen LogP contribution in [0.5, 0.6) is 0 Å². The summed E-state index contributed by atoms with van der Waals surface area (Å²) in [4.78, 5) is 22.1. The van der Waals surface area contributed by atoms with Gasteiger partial charge in [-0.3, -0.25) is 9.59 Å². The van der Waals surface area contributed by atoms with Crippen molar-refractivity contribution in [3.63, 3.8) is 0 Å². The van der Waals surface area contributed by atoms with Crippen LogP contribution in [0.3, 0.4) is 0 Å². The molecule has 0 heterocycles. The molecule has 0 saturated carbocycles. The molecule has 0 aromatic carbocycles. The second-order valence-corrected chi connectivity index (χ2v) is 2.94. The maximum atomic E-state index is 11.2. The van der Waals surface area contributed by atoms with Crippen LogP contribution in [-0.4, -0.2) is 53.0 Å². The van der Waals surface area contributed by atoms with Crippen molar-refractivity contribution in [2.75, 3.05) is 6.61 Å². The van der Waals surface area contributed by atoms with Gasteiger partial charge in [-0.25, -0.2) is 0 Å². The molecule has 0 radical (unpaired) electrons. The number of hydrogen-bond acceptors (Lipinski definition) is 4. The van der Waals surface area contributed by atoms with Crippen LogP contribution in [-0.2, 0) is 14.3 Å². The second kappa shape index (κ2) is 6.22. The van der Waals surface area contributed by atoms with E-state index in [0.717, 1.165) is 0 Å². The summed E-state index contributed by atoms with van der Waals surface area (Å²) in [5, 5.41) is 9.10. The van der Waals surface area contributed by atoms with Crippen molar-refractivity contribution in [2.45, 2.75) is 19.8 Å². The fraction of sp³-hybridized carbons (Fsp3) is 0.556. The molecule has 0 amide bonds. The molecular formula is C9H13NaO4. The van der Waals surface area contributed by atoms with E-state index in [1.165, 1.54) is 6.08 Å². The van der Waals surface area contributed by atoms with Crippen molar-refractivity contribution < 1.29 is 19.4 Å². The van der Waals surface area contributed by atoms with Gasteiger partial charge >= 0.3 is 35.5 Å². The number of ketones is 1. The van der Waals surface area contributed by atoms with Gasteiger partial charge in [0.05, 0.1) is 24.7 Å². The van der Waals surface area contributed by atoms with E-state index in [2.05, 4.69) is 0 Å². The van der Waals surface area contributed by atoms with Crippen LogP contribution < -0.4 is 0 Å². The number of ether oxygens (including phenoxy) is 1. The number of aliphatic hydroxyl groups excluding tert-OH is 1. The first-order valence-corrected chi connectivity index (χ1v) is 4.21. The van der Waals surface area contributed by atoms with Gasteiger partial charge in [0.15, 0.2) is 0 Å². The number of esters is 1. The average Bonchev–Trinajstić information content (AvgIpc) is 2.03. The summed E-state index contributed by atoms with van der Waals surface area (Å²) >= 11 is 0. The number of allylic oxidation sites excluding steroid dienone is 1. The Hall–Kier alpha value is -0.320. The Kier molecular flexibility index (Phi) is 6.08. The predicted molar refractivity (Wildman–Crippen MR) is 52.2 cm³/mol. The molecule has 0 aromatic rings. The number of carbonyl (C=O) groups excluding carboxylic acids is 2. The molecule has 1 aliphatic carbocycles. The molecule has 5 heteroatoms. The van der Waals surface area contributed by atoms with Crippen LogP contribution >= 0.6 is 0 Å². The van der Waals surface area contributed by atoms with Crippen LogP contribution in [0.1, 0.15) is 19.8 Å². The zero-order valence-electron chi connectivity index (χ0n) is 7.45. The molecule has 1 rings (SSSR count). The van der Waals surface area contributed by atoms with Gasteiger partial charge in [0.25, 0.3) is 0 Å². The van der Waals surface area contributed by atoms with Gasteiger partial charge in [-0.05, 0) is 13.0 Å². The van der Waals surface area contributed by atoms with Crippen molar-refractivity contribution in [3.8, 4) is 0 Å². The topological polar surface area (TPSA) is 63.6 Å². The van der Waals surface area contributed by atoms with E-state index in [-0.39, 0.29) is 60.5 Å². The summed E-state index contributed by atoms with van der Waals surface area (Å²) in [5.41, 5.74) is 0. The molecule has 0 aromatic heterocycles. The first kappa shape index (κ1) is 13.7. The SMILES string of the molecule is CCOC(=O)C1C=C(O)CC(=O)C1.[NaH]. The Bertz CT molecular complexity index is 260. The molecule has 1 N–H and O–H groups in total. The number of hydrogen-bond donors (Lipinski definition) is 1. The third-order valence-electron chi connectivity index (χ3n) is 1.81. The fourth-order valence-electron chi connectivity index (χ4n) is 1.27. The maximum absolute atomic E-state index is 11.2. The molecule has 4 nitrogen and oxygen atoms in total. The molecule has 1 unspecified atom stereocenters. The van der Waals surface area contributed by atoms with Crippen molar-refractivity contribution >= 4 is 41.3 Å². The third-order valence-corrected chi connectivity index (χ3v) is 1.81. The molecule has 0 spiro atoms. The number of Topliss-reactive ketones (excluding diaryl/α,β-unsaturated/α-hetero) is 1. The van der Waals surface area contributed by atoms with Crippen molar-refractivity contribution in [1.82, 2.24) is 0 Å². The average molecular weight is 208 g/mol. The summed E-state index contributed by atoms with van der Waals surface area (Å²) < 4.78 is 4.73. The van der Waals surface area contributed by atoms with Crippen molar-refractivity contribution in [2.24, 2.45) is 5.92 Å². The zero-order chi connectivity index (χ0) is 9.84. The first-order valence-electron chi connectivity index (χ1n) is 4.21. The summed E-state index contributed by atoms with van der Waals surface area (Å²) in [6, 6.07) is 0. The molecule has 0 bridgehead atoms. The molecular weight excluding hydrogens is 195 g/mol. The van der Waals surface area contributed by atoms with Gasteiger partial charge in [0, 0.05) is 6.42 Å². The van der Waals surface area contributed by atoms with E-state index in [4.69, 9.17) is 9.84 Å². The van der Waals surface area contributed by atoms with E-state index in [0.29, 0.717) is 0 Å². The summed E-state index contributed by atoms with van der Waals surface area (Å²) in [6.07, 6.45) is 1.57. The standard InChI is InChI=1S/C9H12O4.Na.H/c1-2-13-9(12)6-3-7(10)5-8(11)4-6;;/h3,6,10H,2,4-5H2,1H3;;. The van der Waals surface area contributed by atoms with Gasteiger partial charge in [-0.2, -0.15) is 0 Å². The van der Waals surface area contributed by atoms with Crippen LogP contribution in [0, 0.1) is 5.92 Å². The minimum atomic E-state index is -0.596. The van der Waals surface area contributed by atoms with E-state index in [1.54, 1.807) is 6.92 Å². The van der Waals surface area contributed by atoms with Gasteiger partial charge in [0.2, 0.25) is 0 Å². The Morgan fingerprint density at radius 1 is 1.71 bits per heavy atom. The Balaban J connectivity index is 0.00000169. The van der Waals surface area contributed by atoms with Crippen LogP contribution in [0.25, 0.3) is 0 Å². The van der Waals surface area contributed by atoms with Gasteiger partial charge in [-0.15, -0.1) is 0 Å². The molecule has 1 atom stereocenters. The predicted octanol–water partition coefficient (Wildman–Crippen LogP) is 0.322. The molecule has 14 heavy (non-hydrogen) atoms. The van der Waals surface area contributed by atoms with E-state index in [1.807, 2.05) is 0 Å². The van der Waals surface area contributed by atoms with E-state index < -0.39 is 11.9 Å². The quantitative estimate of drug-likeness (QED) is 0.524. The van der Waals surface area contributed by atoms with Gasteiger partial charge in [0.1, 0.15) is 5.78 Å². The third kappa shape index (κ3) is 3.82. The minimum absolute atomic E-state index is 0. The normalized spacial score (nSPS) is 20.8. The fourth-order valence-corrected chi connectivity index (χ4v) is 1.27. The Labute approximate surface area is 105 Å². The molecule has 1 aliphatic rings. The van der Waals surface area contributed by atoms with E-state index in [9.17, 15) is 9.59 Å². The molecule has 74 valence electrons. The molecule has 0 saturated heterocycles. The monoisotopic (exact) mass is 208 g/mol. The van der Waals surface area contributed by atoms with Crippen molar-refractivity contribution in [3.05, 3.63) is 11.8 Å². The van der Waals surface area contributed by atoms with Crippen molar-refractivity contribution in [1.29, 1.82) is 0 Å². The van der Waals surface area contributed by atoms with Gasteiger partial charge in [-0.1, -0.05) is 0 Å². The zero-order valence-corrected chi connectivity index (χ0v) is 7.45. The van der Waals surface area contributed by atoms with Crippen LogP contribution in [0.4, 0.5) is 0 Å². The summed E-state index contributed by atoms with van der Waals surface area (Å²) in [6.45, 7) is 1.99. The van der Waals surface area contributed by atoms with Crippen LogP contribution in [0.15, 0.2) is 11.8 Å². The number of rotatable bonds is 2.